The van der Waals surface area contributed by atoms with Crippen molar-refractivity contribution in [3.63, 3.8) is 0 Å². The Morgan fingerprint density at radius 3 is 2.06 bits per heavy atom. The first kappa shape index (κ1) is 41.3. The Bertz CT molecular complexity index is 996. The lowest BCUT2D eigenvalue weighted by atomic mass is 9.89. The minimum Gasteiger partial charge on any atom is -0.379 e. The van der Waals surface area contributed by atoms with Gasteiger partial charge in [-0.3, -0.25) is 24.1 Å². The number of hydrogen-bond donors (Lipinski definition) is 2. The summed E-state index contributed by atoms with van der Waals surface area (Å²) in [4.78, 5) is 60.1. The second-order valence-corrected chi connectivity index (χ2v) is 15.9. The molecule has 47 heavy (non-hydrogen) atoms. The zero-order chi connectivity index (χ0) is 35.4. The van der Waals surface area contributed by atoms with Crippen molar-refractivity contribution in [1.29, 1.82) is 0 Å². The molecule has 0 aromatic rings. The summed E-state index contributed by atoms with van der Waals surface area (Å²) in [5, 5.41) is 6.33. The van der Waals surface area contributed by atoms with Gasteiger partial charge in [0, 0.05) is 44.5 Å². The van der Waals surface area contributed by atoms with Gasteiger partial charge in [-0.2, -0.15) is 11.8 Å². The number of likely N-dealkylation sites (N-methyl/N-ethyl adjacent to an activating group) is 2. The van der Waals surface area contributed by atoms with E-state index in [0.29, 0.717) is 13.0 Å². The Kier molecular flexibility index (Phi) is 17.6. The number of carbonyl (C=O) groups is 4. The molecule has 1 heterocycles. The Morgan fingerprint density at radius 1 is 0.915 bits per heavy atom. The molecule has 2 fully saturated rings. The highest BCUT2D eigenvalue weighted by molar-refractivity contribution is 7.99. The maximum atomic E-state index is 14.1. The first-order valence-corrected chi connectivity index (χ1v) is 19.3. The van der Waals surface area contributed by atoms with Crippen LogP contribution in [0, 0.1) is 17.8 Å². The summed E-state index contributed by atoms with van der Waals surface area (Å²) in [7, 11) is 7.14. The molecule has 10 nitrogen and oxygen atoms in total. The fraction of sp³-hybridized carbons (Fsp3) is 0.889. The van der Waals surface area contributed by atoms with Crippen molar-refractivity contribution < 1.29 is 23.9 Å². The minimum atomic E-state index is -0.710. The summed E-state index contributed by atoms with van der Waals surface area (Å²) in [6, 6.07) is -1.18. The van der Waals surface area contributed by atoms with Gasteiger partial charge in [-0.1, -0.05) is 67.2 Å². The lowest BCUT2D eigenvalue weighted by Crippen LogP contribution is -2.59. The summed E-state index contributed by atoms with van der Waals surface area (Å²) in [6.45, 7) is 12.7. The second kappa shape index (κ2) is 20.0. The van der Waals surface area contributed by atoms with Crippen LogP contribution in [-0.2, 0) is 23.9 Å². The van der Waals surface area contributed by atoms with Crippen LogP contribution in [0.1, 0.15) is 106 Å². The molecule has 7 unspecified atom stereocenters. The van der Waals surface area contributed by atoms with E-state index in [-0.39, 0.29) is 77.2 Å². The molecule has 2 aliphatic rings. The summed E-state index contributed by atoms with van der Waals surface area (Å²) < 4.78 is 6.03. The predicted octanol–water partition coefficient (Wildman–Crippen LogP) is 4.55. The van der Waals surface area contributed by atoms with Gasteiger partial charge in [-0.05, 0) is 63.8 Å². The fourth-order valence-electron chi connectivity index (χ4n) is 7.71. The van der Waals surface area contributed by atoms with Gasteiger partial charge in [0.05, 0.1) is 24.6 Å². The van der Waals surface area contributed by atoms with Crippen LogP contribution in [0.4, 0.5) is 0 Å². The Balaban J connectivity index is 2.20. The van der Waals surface area contributed by atoms with Crippen LogP contribution in [0.15, 0.2) is 0 Å². The van der Waals surface area contributed by atoms with Crippen LogP contribution in [-0.4, -0.2) is 121 Å². The van der Waals surface area contributed by atoms with E-state index < -0.39 is 12.1 Å². The zero-order valence-electron chi connectivity index (χ0n) is 31.3. The molecule has 0 bridgehead atoms. The molecular weight excluding hydrogens is 614 g/mol. The Morgan fingerprint density at radius 2 is 1.55 bits per heavy atom. The van der Waals surface area contributed by atoms with Crippen molar-refractivity contribution in [2.45, 2.75) is 147 Å². The van der Waals surface area contributed by atoms with Crippen molar-refractivity contribution >= 4 is 35.4 Å². The van der Waals surface area contributed by atoms with E-state index in [4.69, 9.17) is 4.74 Å². The number of methoxy groups -OCH3 is 1. The number of thioether (sulfide) groups is 1. The van der Waals surface area contributed by atoms with E-state index in [1.165, 1.54) is 19.3 Å². The molecule has 4 amide bonds. The van der Waals surface area contributed by atoms with Gasteiger partial charge in [0.1, 0.15) is 6.04 Å². The molecule has 1 aliphatic carbocycles. The van der Waals surface area contributed by atoms with E-state index in [1.54, 1.807) is 30.8 Å². The molecule has 1 aliphatic heterocycles. The molecule has 0 aromatic carbocycles. The van der Waals surface area contributed by atoms with E-state index >= 15 is 0 Å². The van der Waals surface area contributed by atoms with Gasteiger partial charge in [0.15, 0.2) is 0 Å². The van der Waals surface area contributed by atoms with Crippen LogP contribution in [0.2, 0.25) is 0 Å². The zero-order valence-corrected chi connectivity index (χ0v) is 32.2. The van der Waals surface area contributed by atoms with Crippen molar-refractivity contribution in [1.82, 2.24) is 25.3 Å². The molecule has 2 rings (SSSR count). The average Bonchev–Trinajstić information content (AvgIpc) is 3.51. The van der Waals surface area contributed by atoms with Crippen molar-refractivity contribution in [3.8, 4) is 0 Å². The highest BCUT2D eigenvalue weighted by Crippen LogP contribution is 2.31. The molecule has 1 saturated carbocycles. The molecule has 1 saturated heterocycles. The number of nitrogens with one attached hydrogen (secondary N) is 2. The first-order chi connectivity index (χ1) is 22.2. The van der Waals surface area contributed by atoms with E-state index in [9.17, 15) is 19.2 Å². The topological polar surface area (TPSA) is 111 Å². The van der Waals surface area contributed by atoms with Crippen LogP contribution >= 0.6 is 11.8 Å². The highest BCUT2D eigenvalue weighted by atomic mass is 32.2. The third-order valence-electron chi connectivity index (χ3n) is 10.5. The SMILES string of the molecule is CCC(C)C(C(CC(=O)N1CCCC1C(CC(=O)NC1CCCCC1)SC)OC)N(C)C(=O)C(NC(=O)C(C(C)C)N(C)C)C(C)C. The third kappa shape index (κ3) is 11.6. The van der Waals surface area contributed by atoms with E-state index in [1.807, 2.05) is 57.8 Å². The van der Waals surface area contributed by atoms with Gasteiger partial charge >= 0.3 is 0 Å². The van der Waals surface area contributed by atoms with Crippen LogP contribution < -0.4 is 10.6 Å². The maximum Gasteiger partial charge on any atom is 0.245 e. The molecule has 0 radical (unpaired) electrons. The Labute approximate surface area is 290 Å². The number of likely N-dealkylation sites (tertiary alicyclic amines) is 1. The molecule has 272 valence electrons. The number of ether oxygens (including phenoxy) is 1. The highest BCUT2D eigenvalue weighted by Gasteiger charge is 2.41. The molecular formula is C36H67N5O5S. The molecule has 11 heteroatoms. The van der Waals surface area contributed by atoms with Gasteiger partial charge in [0.25, 0.3) is 0 Å². The number of hydrogen-bond acceptors (Lipinski definition) is 7. The number of amides is 4. The molecule has 0 spiro atoms. The quantitative estimate of drug-likeness (QED) is 0.218. The first-order valence-electron chi connectivity index (χ1n) is 18.1. The lowest BCUT2D eigenvalue weighted by Gasteiger charge is -2.41. The fourth-order valence-corrected chi connectivity index (χ4v) is 8.62. The van der Waals surface area contributed by atoms with Gasteiger partial charge in [-0.25, -0.2) is 0 Å². The average molecular weight is 682 g/mol. The van der Waals surface area contributed by atoms with E-state index in [0.717, 1.165) is 32.1 Å². The molecule has 7 atom stereocenters. The normalized spacial score (nSPS) is 21.3. The van der Waals surface area contributed by atoms with Gasteiger partial charge in [0.2, 0.25) is 23.6 Å². The lowest BCUT2D eigenvalue weighted by molar-refractivity contribution is -0.146. The number of nitrogens with zero attached hydrogens (tertiary/aromatic N) is 3. The smallest absolute Gasteiger partial charge is 0.245 e. The molecule has 2 N–H and O–H groups in total. The summed E-state index contributed by atoms with van der Waals surface area (Å²) in [6.07, 6.45) is 10.3. The maximum absolute atomic E-state index is 14.1. The number of rotatable bonds is 18. The van der Waals surface area contributed by atoms with Crippen molar-refractivity contribution in [2.75, 3.05) is 41.1 Å². The molecule has 0 aromatic heterocycles. The predicted molar refractivity (Wildman–Crippen MR) is 192 cm³/mol. The number of carbonyl (C=O) groups excluding carboxylic acids is 4. The standard InChI is InChI=1S/C36H67N5O5S/c1-12-25(6)34(40(9)36(45)32(23(2)3)38-35(44)33(24(4)5)39(7)8)28(46-10)21-31(43)41-20-16-19-27(41)29(47-11)22-30(42)37-26-17-14-13-15-18-26/h23-29,32-34H,12-22H2,1-11H3,(H,37,42)(H,38,44). The minimum absolute atomic E-state index is 0.000267. The summed E-state index contributed by atoms with van der Waals surface area (Å²) >= 11 is 1.67. The second-order valence-electron chi connectivity index (χ2n) is 14.9. The van der Waals surface area contributed by atoms with Crippen molar-refractivity contribution in [3.05, 3.63) is 0 Å². The largest absolute Gasteiger partial charge is 0.379 e. The van der Waals surface area contributed by atoms with Crippen LogP contribution in [0.3, 0.4) is 0 Å². The van der Waals surface area contributed by atoms with Crippen LogP contribution in [0.25, 0.3) is 0 Å². The third-order valence-corrected chi connectivity index (χ3v) is 11.6. The van der Waals surface area contributed by atoms with E-state index in [2.05, 4.69) is 24.5 Å². The van der Waals surface area contributed by atoms with Crippen LogP contribution in [0.5, 0.6) is 0 Å². The van der Waals surface area contributed by atoms with Crippen molar-refractivity contribution in [2.24, 2.45) is 17.8 Å². The van der Waals surface area contributed by atoms with Gasteiger partial charge in [-0.15, -0.1) is 0 Å². The van der Waals surface area contributed by atoms with Gasteiger partial charge < -0.3 is 25.2 Å². The summed E-state index contributed by atoms with van der Waals surface area (Å²) in [5.74, 6) is -0.270. The Hall–Kier alpha value is -1.85. The summed E-state index contributed by atoms with van der Waals surface area (Å²) in [5.41, 5.74) is 0. The monoisotopic (exact) mass is 681 g/mol.